The molecule has 2 aromatic carbocycles. The minimum Gasteiger partial charge on any atom is -0.497 e. The highest BCUT2D eigenvalue weighted by molar-refractivity contribution is 5.95. The number of rotatable bonds is 7. The average molecular weight is 377 g/mol. The maximum atomic E-state index is 12.4. The van der Waals surface area contributed by atoms with Crippen molar-refractivity contribution in [2.75, 3.05) is 7.11 Å². The summed E-state index contributed by atoms with van der Waals surface area (Å²) in [5, 5.41) is 2.97. The van der Waals surface area contributed by atoms with E-state index in [2.05, 4.69) is 15.3 Å². The van der Waals surface area contributed by atoms with E-state index in [4.69, 9.17) is 9.47 Å². The minimum atomic E-state index is -0.0973. The normalized spacial score (nSPS) is 11.5. The van der Waals surface area contributed by atoms with Crippen LogP contribution in [0.2, 0.25) is 0 Å². The van der Waals surface area contributed by atoms with Crippen molar-refractivity contribution in [2.45, 2.75) is 26.3 Å². The summed E-state index contributed by atoms with van der Waals surface area (Å²) >= 11 is 0. The first-order valence-electron chi connectivity index (χ1n) is 9.14. The van der Waals surface area contributed by atoms with Gasteiger partial charge in [0, 0.05) is 23.2 Å². The van der Waals surface area contributed by atoms with Gasteiger partial charge >= 0.3 is 0 Å². The number of hydrogen-bond donors (Lipinski definition) is 1. The van der Waals surface area contributed by atoms with Gasteiger partial charge in [0.05, 0.1) is 12.8 Å². The monoisotopic (exact) mass is 377 g/mol. The van der Waals surface area contributed by atoms with Gasteiger partial charge < -0.3 is 14.8 Å². The zero-order valence-electron chi connectivity index (χ0n) is 16.2. The van der Waals surface area contributed by atoms with Gasteiger partial charge in [0.1, 0.15) is 17.8 Å². The summed E-state index contributed by atoms with van der Waals surface area (Å²) in [7, 11) is 1.61. The molecule has 6 heteroatoms. The first kappa shape index (κ1) is 19.4. The highest BCUT2D eigenvalue weighted by Gasteiger charge is 2.11. The Kier molecular flexibility index (Phi) is 6.22. The van der Waals surface area contributed by atoms with E-state index in [1.165, 1.54) is 6.33 Å². The summed E-state index contributed by atoms with van der Waals surface area (Å²) in [5.74, 6) is 1.72. The number of aromatic nitrogens is 2. The molecular formula is C22H23N3O3. The second kappa shape index (κ2) is 8.99. The van der Waals surface area contributed by atoms with Gasteiger partial charge in [-0.05, 0) is 49.7 Å². The first-order valence-corrected chi connectivity index (χ1v) is 9.14. The van der Waals surface area contributed by atoms with Gasteiger partial charge in [0.15, 0.2) is 0 Å². The number of nitrogens with one attached hydrogen (secondary N) is 1. The van der Waals surface area contributed by atoms with Gasteiger partial charge in [-0.2, -0.15) is 0 Å². The number of nitrogens with zero attached hydrogens (tertiary/aromatic N) is 2. The Morgan fingerprint density at radius 2 is 1.82 bits per heavy atom. The predicted octanol–water partition coefficient (Wildman–Crippen LogP) is 4.47. The van der Waals surface area contributed by atoms with E-state index >= 15 is 0 Å². The summed E-state index contributed by atoms with van der Waals surface area (Å²) in [6, 6.07) is 16.5. The van der Waals surface area contributed by atoms with Crippen LogP contribution in [0.3, 0.4) is 0 Å². The number of methoxy groups -OCH3 is 1. The lowest BCUT2D eigenvalue weighted by molar-refractivity contribution is 0.0939. The average Bonchev–Trinajstić information content (AvgIpc) is 2.74. The molecule has 0 bridgehead atoms. The lowest BCUT2D eigenvalue weighted by Gasteiger charge is -2.12. The SMILES string of the molecule is CC[C@@H](C)NC(=O)c1cccc(-c2cc(Oc3ccc(OC)cc3)ncn2)c1. The molecule has 1 heterocycles. The van der Waals surface area contributed by atoms with Crippen LogP contribution in [0, 0.1) is 0 Å². The van der Waals surface area contributed by atoms with Crippen LogP contribution in [0.1, 0.15) is 30.6 Å². The van der Waals surface area contributed by atoms with Crippen molar-refractivity contribution < 1.29 is 14.3 Å². The van der Waals surface area contributed by atoms with Crippen molar-refractivity contribution >= 4 is 5.91 Å². The molecule has 3 rings (SSSR count). The fourth-order valence-corrected chi connectivity index (χ4v) is 2.55. The largest absolute Gasteiger partial charge is 0.497 e. The molecule has 0 fully saturated rings. The Bertz CT molecular complexity index is 942. The zero-order chi connectivity index (χ0) is 19.9. The standard InChI is InChI=1S/C22H23N3O3/c1-4-15(2)25-22(26)17-7-5-6-16(12-17)20-13-21(24-14-23-20)28-19-10-8-18(27-3)9-11-19/h5-15H,4H2,1-3H3,(H,25,26)/t15-/m1/s1. The molecule has 0 saturated carbocycles. The van der Waals surface area contributed by atoms with E-state index in [1.807, 2.05) is 44.2 Å². The maximum absolute atomic E-state index is 12.4. The summed E-state index contributed by atoms with van der Waals surface area (Å²) in [6.07, 6.45) is 2.32. The van der Waals surface area contributed by atoms with Crippen LogP contribution in [-0.4, -0.2) is 29.0 Å². The Morgan fingerprint density at radius 3 is 2.54 bits per heavy atom. The van der Waals surface area contributed by atoms with Crippen LogP contribution < -0.4 is 14.8 Å². The molecule has 0 spiro atoms. The predicted molar refractivity (Wildman–Crippen MR) is 108 cm³/mol. The van der Waals surface area contributed by atoms with Crippen LogP contribution in [0.5, 0.6) is 17.4 Å². The Hall–Kier alpha value is -3.41. The number of carbonyl (C=O) groups is 1. The van der Waals surface area contributed by atoms with Crippen molar-refractivity contribution in [2.24, 2.45) is 0 Å². The topological polar surface area (TPSA) is 73.3 Å². The lowest BCUT2D eigenvalue weighted by atomic mass is 10.1. The molecule has 144 valence electrons. The van der Waals surface area contributed by atoms with Gasteiger partial charge in [-0.1, -0.05) is 19.1 Å². The second-order valence-corrected chi connectivity index (χ2v) is 6.38. The fraction of sp³-hybridized carbons (Fsp3) is 0.227. The highest BCUT2D eigenvalue weighted by Crippen LogP contribution is 2.25. The van der Waals surface area contributed by atoms with Crippen LogP contribution >= 0.6 is 0 Å². The molecule has 0 aliphatic rings. The van der Waals surface area contributed by atoms with Crippen LogP contribution in [0.4, 0.5) is 0 Å². The number of amides is 1. The molecule has 28 heavy (non-hydrogen) atoms. The minimum absolute atomic E-state index is 0.0973. The molecule has 1 aromatic heterocycles. The molecule has 1 N–H and O–H groups in total. The fourth-order valence-electron chi connectivity index (χ4n) is 2.55. The summed E-state index contributed by atoms with van der Waals surface area (Å²) < 4.78 is 10.9. The number of carbonyl (C=O) groups excluding carboxylic acids is 1. The molecule has 0 unspecified atom stereocenters. The smallest absolute Gasteiger partial charge is 0.251 e. The maximum Gasteiger partial charge on any atom is 0.251 e. The van der Waals surface area contributed by atoms with Gasteiger partial charge in [0.25, 0.3) is 5.91 Å². The summed E-state index contributed by atoms with van der Waals surface area (Å²) in [4.78, 5) is 20.9. The zero-order valence-corrected chi connectivity index (χ0v) is 16.2. The molecule has 0 aliphatic heterocycles. The van der Waals surface area contributed by atoms with Crippen molar-refractivity contribution in [1.82, 2.24) is 15.3 Å². The van der Waals surface area contributed by atoms with Crippen molar-refractivity contribution in [3.05, 3.63) is 66.5 Å². The number of ether oxygens (including phenoxy) is 2. The Morgan fingerprint density at radius 1 is 1.07 bits per heavy atom. The molecule has 0 radical (unpaired) electrons. The van der Waals surface area contributed by atoms with Gasteiger partial charge in [-0.15, -0.1) is 0 Å². The summed E-state index contributed by atoms with van der Waals surface area (Å²) in [6.45, 7) is 4.02. The Balaban J connectivity index is 1.79. The molecule has 1 atom stereocenters. The molecule has 6 nitrogen and oxygen atoms in total. The van der Waals surface area contributed by atoms with Crippen molar-refractivity contribution in [1.29, 1.82) is 0 Å². The van der Waals surface area contributed by atoms with E-state index in [0.29, 0.717) is 22.9 Å². The number of hydrogen-bond acceptors (Lipinski definition) is 5. The molecule has 0 saturated heterocycles. The molecular weight excluding hydrogens is 354 g/mol. The van der Waals surface area contributed by atoms with Gasteiger partial charge in [-0.25, -0.2) is 9.97 Å². The third-order valence-electron chi connectivity index (χ3n) is 4.33. The van der Waals surface area contributed by atoms with E-state index in [-0.39, 0.29) is 11.9 Å². The highest BCUT2D eigenvalue weighted by atomic mass is 16.5. The van der Waals surface area contributed by atoms with Crippen LogP contribution in [0.15, 0.2) is 60.9 Å². The van der Waals surface area contributed by atoms with Gasteiger partial charge in [-0.3, -0.25) is 4.79 Å². The van der Waals surface area contributed by atoms with Crippen LogP contribution in [0.25, 0.3) is 11.3 Å². The lowest BCUT2D eigenvalue weighted by Crippen LogP contribution is -2.31. The molecule has 1 amide bonds. The first-order chi connectivity index (χ1) is 13.6. The molecule has 3 aromatic rings. The number of benzene rings is 2. The Labute approximate surface area is 164 Å². The van der Waals surface area contributed by atoms with Crippen molar-refractivity contribution in [3.63, 3.8) is 0 Å². The van der Waals surface area contributed by atoms with E-state index in [9.17, 15) is 4.79 Å². The van der Waals surface area contributed by atoms with E-state index in [1.54, 1.807) is 31.4 Å². The van der Waals surface area contributed by atoms with Crippen molar-refractivity contribution in [3.8, 4) is 28.6 Å². The van der Waals surface area contributed by atoms with E-state index in [0.717, 1.165) is 17.7 Å². The summed E-state index contributed by atoms with van der Waals surface area (Å²) in [5.41, 5.74) is 2.09. The van der Waals surface area contributed by atoms with Gasteiger partial charge in [0.2, 0.25) is 5.88 Å². The second-order valence-electron chi connectivity index (χ2n) is 6.38. The van der Waals surface area contributed by atoms with Crippen LogP contribution in [-0.2, 0) is 0 Å². The third kappa shape index (κ3) is 4.85. The third-order valence-corrected chi connectivity index (χ3v) is 4.33. The quantitative estimate of drug-likeness (QED) is 0.657. The van der Waals surface area contributed by atoms with E-state index < -0.39 is 0 Å². The molecule has 0 aliphatic carbocycles.